The van der Waals surface area contributed by atoms with Crippen molar-refractivity contribution in [2.24, 2.45) is 0 Å². The number of aryl methyl sites for hydroxylation is 2. The summed E-state index contributed by atoms with van der Waals surface area (Å²) in [4.78, 5) is 16.2. The van der Waals surface area contributed by atoms with Crippen LogP contribution in [0.3, 0.4) is 0 Å². The van der Waals surface area contributed by atoms with Crippen LogP contribution < -0.4 is 10.4 Å². The van der Waals surface area contributed by atoms with Gasteiger partial charge in [-0.1, -0.05) is 18.2 Å². The zero-order valence-electron chi connectivity index (χ0n) is 14.4. The van der Waals surface area contributed by atoms with Crippen molar-refractivity contribution in [2.75, 3.05) is 20.3 Å². The minimum atomic E-state index is -0.231. The molecular weight excluding hydrogens is 304 g/mol. The Morgan fingerprint density at radius 3 is 2.92 bits per heavy atom. The van der Waals surface area contributed by atoms with Crippen LogP contribution >= 0.6 is 0 Å². The Morgan fingerprint density at radius 1 is 1.25 bits per heavy atom. The molecule has 0 spiro atoms. The van der Waals surface area contributed by atoms with Gasteiger partial charge in [-0.2, -0.15) is 4.98 Å². The fraction of sp³-hybridized carbons (Fsp3) is 0.474. The van der Waals surface area contributed by atoms with E-state index in [2.05, 4.69) is 23.2 Å². The third kappa shape index (κ3) is 3.51. The van der Waals surface area contributed by atoms with Crippen LogP contribution in [0.15, 0.2) is 29.1 Å². The first-order chi connectivity index (χ1) is 11.7. The minimum absolute atomic E-state index is 0.231. The first kappa shape index (κ1) is 16.7. The largest absolute Gasteiger partial charge is 0.478 e. The van der Waals surface area contributed by atoms with Crippen LogP contribution in [0.25, 0.3) is 11.3 Å². The van der Waals surface area contributed by atoms with Crippen LogP contribution in [-0.2, 0) is 24.1 Å². The highest BCUT2D eigenvalue weighted by atomic mass is 16.5. The Kier molecular flexibility index (Phi) is 5.30. The lowest BCUT2D eigenvalue weighted by atomic mass is 9.94. The van der Waals surface area contributed by atoms with Crippen molar-refractivity contribution in [1.29, 1.82) is 0 Å². The van der Waals surface area contributed by atoms with Gasteiger partial charge in [0.1, 0.15) is 0 Å². The summed E-state index contributed by atoms with van der Waals surface area (Å²) in [5, 5.41) is 0. The number of aromatic nitrogens is 2. The van der Waals surface area contributed by atoms with E-state index >= 15 is 0 Å². The molecule has 0 unspecified atom stereocenters. The highest BCUT2D eigenvalue weighted by Crippen LogP contribution is 2.30. The molecule has 0 saturated carbocycles. The summed E-state index contributed by atoms with van der Waals surface area (Å²) in [6.07, 6.45) is 4.13. The Morgan fingerprint density at radius 2 is 2.12 bits per heavy atom. The third-order valence-electron chi connectivity index (χ3n) is 4.39. The van der Waals surface area contributed by atoms with Gasteiger partial charge in [0.2, 0.25) is 5.88 Å². The predicted molar refractivity (Wildman–Crippen MR) is 93.6 cm³/mol. The monoisotopic (exact) mass is 328 g/mol. The number of methoxy groups -OCH3 is 1. The lowest BCUT2D eigenvalue weighted by Gasteiger charge is -2.22. The van der Waals surface area contributed by atoms with Gasteiger partial charge >= 0.3 is 5.69 Å². The molecular formula is C19H24N2O3. The highest BCUT2D eigenvalue weighted by molar-refractivity contribution is 5.67. The summed E-state index contributed by atoms with van der Waals surface area (Å²) in [6, 6.07) is 8.44. The van der Waals surface area contributed by atoms with Crippen molar-refractivity contribution >= 4 is 0 Å². The number of fused-ring (bicyclic) bond motifs is 3. The molecule has 0 radical (unpaired) electrons. The zero-order valence-corrected chi connectivity index (χ0v) is 14.4. The van der Waals surface area contributed by atoms with Gasteiger partial charge < -0.3 is 9.47 Å². The first-order valence-corrected chi connectivity index (χ1v) is 8.58. The average Bonchev–Trinajstić information content (AvgIpc) is 2.58. The molecule has 1 aliphatic rings. The second-order valence-electron chi connectivity index (χ2n) is 6.04. The van der Waals surface area contributed by atoms with Gasteiger partial charge in [0.05, 0.1) is 12.3 Å². The van der Waals surface area contributed by atoms with Crippen molar-refractivity contribution in [3.8, 4) is 17.1 Å². The van der Waals surface area contributed by atoms with E-state index in [0.29, 0.717) is 19.0 Å². The van der Waals surface area contributed by atoms with Crippen LogP contribution in [0.5, 0.6) is 5.88 Å². The maximum atomic E-state index is 12.2. The maximum Gasteiger partial charge on any atom is 0.351 e. The number of unbranched alkanes of at least 4 members (excludes halogenated alkanes) is 1. The van der Waals surface area contributed by atoms with Crippen molar-refractivity contribution in [1.82, 2.24) is 9.55 Å². The topological polar surface area (TPSA) is 53.4 Å². The zero-order chi connectivity index (χ0) is 16.9. The lowest BCUT2D eigenvalue weighted by Crippen LogP contribution is -2.28. The molecule has 0 fully saturated rings. The minimum Gasteiger partial charge on any atom is -0.478 e. The van der Waals surface area contributed by atoms with Gasteiger partial charge in [-0.15, -0.1) is 0 Å². The molecule has 0 aliphatic carbocycles. The van der Waals surface area contributed by atoms with Gasteiger partial charge in [0.25, 0.3) is 0 Å². The van der Waals surface area contributed by atoms with E-state index in [1.165, 1.54) is 11.1 Å². The molecule has 24 heavy (non-hydrogen) atoms. The molecule has 1 aromatic carbocycles. The average molecular weight is 328 g/mol. The summed E-state index contributed by atoms with van der Waals surface area (Å²) in [6.45, 7) is 3.88. The van der Waals surface area contributed by atoms with E-state index < -0.39 is 0 Å². The summed E-state index contributed by atoms with van der Waals surface area (Å²) in [5.41, 5.74) is 4.44. The molecule has 0 amide bonds. The quantitative estimate of drug-likeness (QED) is 0.734. The van der Waals surface area contributed by atoms with Gasteiger partial charge in [-0.05, 0) is 43.7 Å². The highest BCUT2D eigenvalue weighted by Gasteiger charge is 2.19. The number of rotatable bonds is 7. The molecule has 3 rings (SSSR count). The predicted octanol–water partition coefficient (Wildman–Crippen LogP) is 2.83. The van der Waals surface area contributed by atoms with E-state index in [9.17, 15) is 4.79 Å². The number of nitrogens with zero attached hydrogens (tertiary/aromatic N) is 2. The fourth-order valence-electron chi connectivity index (χ4n) is 3.21. The van der Waals surface area contributed by atoms with Crippen molar-refractivity contribution < 1.29 is 9.47 Å². The normalized spacial score (nSPS) is 12.6. The van der Waals surface area contributed by atoms with Crippen molar-refractivity contribution in [3.63, 3.8) is 0 Å². The smallest absolute Gasteiger partial charge is 0.351 e. The number of hydrogen-bond donors (Lipinski definition) is 0. The van der Waals surface area contributed by atoms with E-state index in [0.717, 1.165) is 43.5 Å². The molecule has 0 N–H and O–H groups in total. The third-order valence-corrected chi connectivity index (χ3v) is 4.39. The summed E-state index contributed by atoms with van der Waals surface area (Å²) >= 11 is 0. The van der Waals surface area contributed by atoms with Gasteiger partial charge in [-0.3, -0.25) is 4.57 Å². The van der Waals surface area contributed by atoms with E-state index in [1.807, 2.05) is 13.0 Å². The van der Waals surface area contributed by atoms with E-state index in [-0.39, 0.29) is 5.69 Å². The van der Waals surface area contributed by atoms with Crippen LogP contribution in [0.2, 0.25) is 0 Å². The molecule has 5 nitrogen and oxygen atoms in total. The van der Waals surface area contributed by atoms with Crippen molar-refractivity contribution in [3.05, 3.63) is 45.9 Å². The molecule has 0 saturated heterocycles. The molecule has 0 atom stereocenters. The standard InChI is InChI=1S/C19H24N2O3/c1-3-24-18-13-17-16-8-7-14(6-4-5-11-23-2)12-15(16)9-10-21(17)19(22)20-18/h7-8,12-13H,3-6,9-11H2,1-2H3. The Labute approximate surface area is 142 Å². The SMILES string of the molecule is CCOc1cc2n(c(=O)n1)CCc1cc(CCCCOC)ccc1-2. The molecule has 2 aromatic rings. The number of ether oxygens (including phenoxy) is 2. The lowest BCUT2D eigenvalue weighted by molar-refractivity contribution is 0.193. The van der Waals surface area contributed by atoms with Gasteiger partial charge in [0.15, 0.2) is 0 Å². The number of hydrogen-bond acceptors (Lipinski definition) is 4. The number of benzene rings is 1. The van der Waals surface area contributed by atoms with E-state index in [4.69, 9.17) is 9.47 Å². The van der Waals surface area contributed by atoms with Crippen molar-refractivity contribution in [2.45, 2.75) is 39.2 Å². The first-order valence-electron chi connectivity index (χ1n) is 8.58. The Bertz CT molecular complexity index is 768. The summed E-state index contributed by atoms with van der Waals surface area (Å²) in [7, 11) is 1.74. The van der Waals surface area contributed by atoms with Crippen LogP contribution in [0, 0.1) is 0 Å². The van der Waals surface area contributed by atoms with Gasteiger partial charge in [0, 0.05) is 31.9 Å². The second kappa shape index (κ2) is 7.62. The van der Waals surface area contributed by atoms with Crippen LogP contribution in [0.4, 0.5) is 0 Å². The summed E-state index contributed by atoms with van der Waals surface area (Å²) < 4.78 is 12.3. The fourth-order valence-corrected chi connectivity index (χ4v) is 3.21. The molecule has 1 aliphatic heterocycles. The van der Waals surface area contributed by atoms with E-state index in [1.54, 1.807) is 11.7 Å². The summed E-state index contributed by atoms with van der Waals surface area (Å²) in [5.74, 6) is 0.408. The van der Waals surface area contributed by atoms with Crippen LogP contribution in [-0.4, -0.2) is 29.9 Å². The molecule has 1 aromatic heterocycles. The molecule has 2 heterocycles. The second-order valence-corrected chi connectivity index (χ2v) is 6.04. The maximum absolute atomic E-state index is 12.2. The van der Waals surface area contributed by atoms with Crippen LogP contribution in [0.1, 0.15) is 30.9 Å². The Balaban J connectivity index is 1.87. The Hall–Kier alpha value is -2.14. The van der Waals surface area contributed by atoms with Gasteiger partial charge in [-0.25, -0.2) is 4.79 Å². The molecule has 5 heteroatoms. The molecule has 0 bridgehead atoms. The molecule has 128 valence electrons.